The Balaban J connectivity index is 0.000000963. The normalized spacial score (nSPS) is 14.8. The second kappa shape index (κ2) is 22.4. The van der Waals surface area contributed by atoms with Crippen molar-refractivity contribution in [3.05, 3.63) is 70.2 Å². The smallest absolute Gasteiger partial charge is 0.251 e. The molecule has 0 aromatic heterocycles. The van der Waals surface area contributed by atoms with Crippen LogP contribution in [0.25, 0.3) is 0 Å². The lowest BCUT2D eigenvalue weighted by atomic mass is 9.90. The molecule has 1 aliphatic rings. The number of nitrogens with one attached hydrogen (secondary N) is 3. The first kappa shape index (κ1) is 42.8. The minimum Gasteiger partial charge on any atom is -0.355 e. The van der Waals surface area contributed by atoms with Gasteiger partial charge in [0.2, 0.25) is 11.8 Å². The molecule has 3 rings (SSSR count). The van der Waals surface area contributed by atoms with Crippen molar-refractivity contribution in [3.8, 4) is 0 Å². The number of nitrogens with two attached hydrogens (primary N) is 1. The minimum absolute atomic E-state index is 0.00693. The molecule has 0 bridgehead atoms. The number of unbranched alkanes of at least 4 members (excludes halogenated alkanes) is 1. The van der Waals surface area contributed by atoms with E-state index in [9.17, 15) is 24.0 Å². The second-order valence-corrected chi connectivity index (χ2v) is 15.2. The van der Waals surface area contributed by atoms with Crippen LogP contribution in [0.15, 0.2) is 59.1 Å². The molecule has 1 aliphatic carbocycles. The van der Waals surface area contributed by atoms with Gasteiger partial charge in [-0.3, -0.25) is 24.0 Å². The van der Waals surface area contributed by atoms with E-state index in [1.165, 1.54) is 19.4 Å². The number of halogens is 1. The van der Waals surface area contributed by atoms with E-state index in [4.69, 9.17) is 5.73 Å². The van der Waals surface area contributed by atoms with Crippen molar-refractivity contribution in [3.63, 3.8) is 0 Å². The summed E-state index contributed by atoms with van der Waals surface area (Å²) in [5.74, 6) is -2.18. The second-order valence-electron chi connectivity index (χ2n) is 14.3. The van der Waals surface area contributed by atoms with Gasteiger partial charge in [-0.15, -0.1) is 0 Å². The first-order valence-corrected chi connectivity index (χ1v) is 18.8. The van der Waals surface area contributed by atoms with Crippen LogP contribution < -0.4 is 21.7 Å². The van der Waals surface area contributed by atoms with E-state index in [-0.39, 0.29) is 60.9 Å². The van der Waals surface area contributed by atoms with Gasteiger partial charge >= 0.3 is 0 Å². The Kier molecular flexibility index (Phi) is 19.2. The third-order valence-electron chi connectivity index (χ3n) is 8.80. The highest BCUT2D eigenvalue weighted by atomic mass is 79.9. The Labute approximate surface area is 307 Å². The molecule has 0 aliphatic heterocycles. The van der Waals surface area contributed by atoms with E-state index in [1.807, 2.05) is 30.3 Å². The van der Waals surface area contributed by atoms with Crippen LogP contribution in [0.4, 0.5) is 0 Å². The van der Waals surface area contributed by atoms with Crippen molar-refractivity contribution < 1.29 is 28.5 Å². The fourth-order valence-corrected chi connectivity index (χ4v) is 6.11. The summed E-state index contributed by atoms with van der Waals surface area (Å²) in [5.41, 5.74) is 6.72. The molecule has 50 heavy (non-hydrogen) atoms. The number of hydrogen-bond acceptors (Lipinski definition) is 6. The molecule has 10 nitrogen and oxygen atoms in total. The molecule has 2 aromatic carbocycles. The highest BCUT2D eigenvalue weighted by molar-refractivity contribution is 9.10. The lowest BCUT2D eigenvalue weighted by molar-refractivity contribution is -0.870. The number of benzene rings is 2. The molecule has 0 heterocycles. The van der Waals surface area contributed by atoms with Gasteiger partial charge in [0, 0.05) is 48.3 Å². The third kappa shape index (κ3) is 16.5. The van der Waals surface area contributed by atoms with Crippen LogP contribution in [0.3, 0.4) is 0 Å². The molecule has 0 unspecified atom stereocenters. The minimum atomic E-state index is -0.835. The SMILES string of the molecule is CCCC[N+](C)(C)C.C[C@H](CC(=O)[C@H](Cc1ccccc1)NC(=O)c1ccc(Br)cc1)C(=O)N[C@H](C(=O)CCC(=O)NCCN)C1CCCC1. The Morgan fingerprint density at radius 3 is 2.10 bits per heavy atom. The van der Waals surface area contributed by atoms with Crippen molar-refractivity contribution in [2.45, 2.75) is 90.1 Å². The largest absolute Gasteiger partial charge is 0.355 e. The van der Waals surface area contributed by atoms with Gasteiger partial charge in [-0.2, -0.15) is 0 Å². The van der Waals surface area contributed by atoms with Crippen LogP contribution in [0.2, 0.25) is 0 Å². The van der Waals surface area contributed by atoms with E-state index in [2.05, 4.69) is 59.9 Å². The maximum Gasteiger partial charge on any atom is 0.251 e. The van der Waals surface area contributed by atoms with Gasteiger partial charge in [0.25, 0.3) is 5.91 Å². The number of amides is 3. The lowest BCUT2D eigenvalue weighted by Gasteiger charge is -2.26. The number of carbonyl (C=O) groups is 5. The van der Waals surface area contributed by atoms with Gasteiger partial charge in [0.05, 0.1) is 39.8 Å². The molecule has 2 aromatic rings. The summed E-state index contributed by atoms with van der Waals surface area (Å²) in [7, 11) is 6.70. The molecule has 276 valence electrons. The van der Waals surface area contributed by atoms with Gasteiger partial charge in [-0.1, -0.05) is 79.4 Å². The Morgan fingerprint density at radius 2 is 1.54 bits per heavy atom. The van der Waals surface area contributed by atoms with E-state index in [0.29, 0.717) is 18.7 Å². The van der Waals surface area contributed by atoms with E-state index < -0.39 is 18.0 Å². The summed E-state index contributed by atoms with van der Waals surface area (Å²) >= 11 is 3.36. The van der Waals surface area contributed by atoms with Crippen molar-refractivity contribution >= 4 is 45.2 Å². The number of Topliss-reactive ketones (excluding diaryl/α,β-unsaturated/α-hetero) is 2. The van der Waals surface area contributed by atoms with E-state index in [0.717, 1.165) is 40.2 Å². The van der Waals surface area contributed by atoms with Crippen molar-refractivity contribution in [2.75, 3.05) is 40.8 Å². The third-order valence-corrected chi connectivity index (χ3v) is 9.33. The van der Waals surface area contributed by atoms with Crippen LogP contribution in [-0.2, 0) is 25.6 Å². The number of carbonyl (C=O) groups excluding carboxylic acids is 5. The number of nitrogens with zero attached hydrogens (tertiary/aromatic N) is 1. The molecule has 0 saturated heterocycles. The molecule has 3 atom stereocenters. The topological polar surface area (TPSA) is 147 Å². The molecule has 5 N–H and O–H groups in total. The first-order chi connectivity index (χ1) is 23.7. The predicted molar refractivity (Wildman–Crippen MR) is 202 cm³/mol. The average Bonchev–Trinajstić information content (AvgIpc) is 3.62. The highest BCUT2D eigenvalue weighted by Crippen LogP contribution is 2.29. The first-order valence-electron chi connectivity index (χ1n) is 18.0. The number of rotatable bonds is 19. The molecule has 1 fully saturated rings. The summed E-state index contributed by atoms with van der Waals surface area (Å²) in [6, 6.07) is 14.7. The molecule has 0 radical (unpaired) electrons. The summed E-state index contributed by atoms with van der Waals surface area (Å²) in [6.45, 7) is 5.85. The van der Waals surface area contributed by atoms with Gasteiger partial charge in [-0.25, -0.2) is 0 Å². The summed E-state index contributed by atoms with van der Waals surface area (Å²) in [6.07, 6.45) is 6.51. The molecule has 1 saturated carbocycles. The fraction of sp³-hybridized carbons (Fsp3) is 0.564. The van der Waals surface area contributed by atoms with Gasteiger partial charge in [0.15, 0.2) is 11.6 Å². The molecular weight excluding hydrogens is 698 g/mol. The highest BCUT2D eigenvalue weighted by Gasteiger charge is 2.34. The number of quaternary nitrogens is 1. The Morgan fingerprint density at radius 1 is 0.900 bits per heavy atom. The lowest BCUT2D eigenvalue weighted by Crippen LogP contribution is -2.48. The van der Waals surface area contributed by atoms with Crippen molar-refractivity contribution in [2.24, 2.45) is 17.6 Å². The van der Waals surface area contributed by atoms with Gasteiger partial charge in [0.1, 0.15) is 0 Å². The predicted octanol–water partition coefficient (Wildman–Crippen LogP) is 4.98. The molecule has 0 spiro atoms. The van der Waals surface area contributed by atoms with Crippen LogP contribution in [0.5, 0.6) is 0 Å². The molecular formula is C39H59BrN5O5+. The fourth-order valence-electron chi connectivity index (χ4n) is 5.85. The van der Waals surface area contributed by atoms with Crippen LogP contribution >= 0.6 is 15.9 Å². The molecule has 3 amide bonds. The zero-order valence-corrected chi connectivity index (χ0v) is 32.2. The van der Waals surface area contributed by atoms with E-state index >= 15 is 0 Å². The Hall–Kier alpha value is -3.41. The van der Waals surface area contributed by atoms with Crippen LogP contribution in [-0.4, -0.2) is 86.6 Å². The monoisotopic (exact) mass is 756 g/mol. The average molecular weight is 758 g/mol. The summed E-state index contributed by atoms with van der Waals surface area (Å²) in [5, 5.41) is 8.42. The molecule has 11 heteroatoms. The van der Waals surface area contributed by atoms with Crippen molar-refractivity contribution in [1.29, 1.82) is 0 Å². The quantitative estimate of drug-likeness (QED) is 0.149. The summed E-state index contributed by atoms with van der Waals surface area (Å²) < 4.78 is 1.94. The van der Waals surface area contributed by atoms with Gasteiger partial charge < -0.3 is 26.2 Å². The zero-order chi connectivity index (χ0) is 37.1. The van der Waals surface area contributed by atoms with Crippen LogP contribution in [0.1, 0.15) is 87.6 Å². The Bertz CT molecular complexity index is 1360. The standard InChI is InChI=1S/C32H41BrN4O5.C7H18N/c1-21(31(41)37-30(23-9-5-6-10-23)27(38)15-16-29(40)35-18-17-34)19-28(39)26(20-22-7-3-2-4-8-22)36-32(42)24-11-13-25(33)14-12-24;1-5-6-7-8(2,3)4/h2-4,7-8,11-14,21,23,26,30H,5-6,9-10,15-20,34H2,1H3,(H,35,40)(H,36,42)(H,37,41);5-7H2,1-4H3/q;+1/t21-,26+,30+;/m1./s1. The maximum atomic E-state index is 13.5. The van der Waals surface area contributed by atoms with Crippen LogP contribution in [0, 0.1) is 11.8 Å². The van der Waals surface area contributed by atoms with Crippen molar-refractivity contribution in [1.82, 2.24) is 16.0 Å². The maximum absolute atomic E-state index is 13.5. The zero-order valence-electron chi connectivity index (χ0n) is 30.6. The van der Waals surface area contributed by atoms with E-state index in [1.54, 1.807) is 31.2 Å². The summed E-state index contributed by atoms with van der Waals surface area (Å²) in [4.78, 5) is 64.9. The van der Waals surface area contributed by atoms with Gasteiger partial charge in [-0.05, 0) is 61.4 Å². The number of ketones is 2. The number of hydrogen-bond donors (Lipinski definition) is 4.